The smallest absolute Gasteiger partial charge is 0.262 e. The Hall–Kier alpha value is -1.43. The predicted molar refractivity (Wildman–Crippen MR) is 82.9 cm³/mol. The summed E-state index contributed by atoms with van der Waals surface area (Å²) in [5.41, 5.74) is 6.89. The van der Waals surface area contributed by atoms with E-state index in [-0.39, 0.29) is 15.6 Å². The van der Waals surface area contributed by atoms with Crippen LogP contribution in [0.25, 0.3) is 0 Å². The Morgan fingerprint density at radius 2 is 1.85 bits per heavy atom. The van der Waals surface area contributed by atoms with E-state index in [1.807, 2.05) is 0 Å². The van der Waals surface area contributed by atoms with Gasteiger partial charge in [-0.3, -0.25) is 4.72 Å². The highest BCUT2D eigenvalue weighted by atomic mass is 35.5. The summed E-state index contributed by atoms with van der Waals surface area (Å²) in [6.45, 7) is 1.65. The van der Waals surface area contributed by atoms with Gasteiger partial charge in [-0.25, -0.2) is 8.42 Å². The maximum absolute atomic E-state index is 12.4. The molecule has 0 aliphatic rings. The lowest BCUT2D eigenvalue weighted by atomic mass is 10.2. The largest absolute Gasteiger partial charge is 0.398 e. The lowest BCUT2D eigenvalue weighted by Crippen LogP contribution is -2.15. The zero-order chi connectivity index (χ0) is 14.9. The summed E-state index contributed by atoms with van der Waals surface area (Å²) in [4.78, 5) is 0.114. The third-order valence-corrected chi connectivity index (χ3v) is 4.85. The minimum Gasteiger partial charge on any atom is -0.398 e. The number of nitrogens with one attached hydrogen (secondary N) is 1. The van der Waals surface area contributed by atoms with Crippen molar-refractivity contribution in [1.82, 2.24) is 0 Å². The van der Waals surface area contributed by atoms with Gasteiger partial charge in [0, 0.05) is 10.7 Å². The first-order valence-electron chi connectivity index (χ1n) is 5.64. The van der Waals surface area contributed by atoms with Crippen LogP contribution in [0.1, 0.15) is 5.56 Å². The number of nitrogens with two attached hydrogens (primary N) is 1. The molecule has 2 aromatic rings. The SMILES string of the molecule is Cc1c(N)cccc1S(=O)(=O)Nc1ccc(Cl)cc1Cl. The van der Waals surface area contributed by atoms with E-state index >= 15 is 0 Å². The fourth-order valence-electron chi connectivity index (χ4n) is 1.69. The molecule has 0 aromatic heterocycles. The van der Waals surface area contributed by atoms with Gasteiger partial charge in [0.05, 0.1) is 15.6 Å². The van der Waals surface area contributed by atoms with Crippen LogP contribution in [0.2, 0.25) is 10.0 Å². The Morgan fingerprint density at radius 1 is 1.15 bits per heavy atom. The van der Waals surface area contributed by atoms with Gasteiger partial charge in [-0.15, -0.1) is 0 Å². The van der Waals surface area contributed by atoms with E-state index in [1.165, 1.54) is 18.2 Å². The van der Waals surface area contributed by atoms with Gasteiger partial charge in [-0.2, -0.15) is 0 Å². The quantitative estimate of drug-likeness (QED) is 0.843. The molecule has 0 aliphatic heterocycles. The van der Waals surface area contributed by atoms with Crippen LogP contribution >= 0.6 is 23.2 Å². The summed E-state index contributed by atoms with van der Waals surface area (Å²) < 4.78 is 27.1. The van der Waals surface area contributed by atoms with Crippen molar-refractivity contribution in [1.29, 1.82) is 0 Å². The van der Waals surface area contributed by atoms with E-state index in [0.717, 1.165) is 0 Å². The first kappa shape index (κ1) is 15.0. The number of halogens is 2. The Bertz CT molecular complexity index is 761. The highest BCUT2D eigenvalue weighted by Gasteiger charge is 2.19. The van der Waals surface area contributed by atoms with E-state index in [2.05, 4.69) is 4.72 Å². The van der Waals surface area contributed by atoms with Crippen molar-refractivity contribution in [3.8, 4) is 0 Å². The molecule has 0 atom stereocenters. The Labute approximate surface area is 127 Å². The van der Waals surface area contributed by atoms with Gasteiger partial charge in [0.15, 0.2) is 0 Å². The molecule has 0 aliphatic carbocycles. The Balaban J connectivity index is 2.44. The monoisotopic (exact) mass is 330 g/mol. The molecule has 0 fully saturated rings. The van der Waals surface area contributed by atoms with Crippen molar-refractivity contribution >= 4 is 44.6 Å². The van der Waals surface area contributed by atoms with Gasteiger partial charge in [0.2, 0.25) is 0 Å². The molecule has 0 radical (unpaired) electrons. The van der Waals surface area contributed by atoms with Gasteiger partial charge < -0.3 is 5.73 Å². The van der Waals surface area contributed by atoms with Crippen LogP contribution in [0.3, 0.4) is 0 Å². The minimum atomic E-state index is -3.76. The van der Waals surface area contributed by atoms with E-state index in [4.69, 9.17) is 28.9 Å². The van der Waals surface area contributed by atoms with Crippen molar-refractivity contribution in [2.45, 2.75) is 11.8 Å². The van der Waals surface area contributed by atoms with Crippen molar-refractivity contribution in [3.63, 3.8) is 0 Å². The topological polar surface area (TPSA) is 72.2 Å². The first-order chi connectivity index (χ1) is 9.31. The highest BCUT2D eigenvalue weighted by molar-refractivity contribution is 7.92. The van der Waals surface area contributed by atoms with Gasteiger partial charge in [0.25, 0.3) is 10.0 Å². The minimum absolute atomic E-state index is 0.114. The number of hydrogen-bond donors (Lipinski definition) is 2. The fourth-order valence-corrected chi connectivity index (χ4v) is 3.56. The number of sulfonamides is 1. The number of anilines is 2. The van der Waals surface area contributed by atoms with Gasteiger partial charge in [-0.1, -0.05) is 29.3 Å². The van der Waals surface area contributed by atoms with E-state index in [0.29, 0.717) is 16.3 Å². The van der Waals surface area contributed by atoms with Crippen LogP contribution in [-0.4, -0.2) is 8.42 Å². The molecule has 0 saturated carbocycles. The zero-order valence-corrected chi connectivity index (χ0v) is 12.9. The van der Waals surface area contributed by atoms with Crippen LogP contribution in [-0.2, 0) is 10.0 Å². The summed E-state index contributed by atoms with van der Waals surface area (Å²) in [7, 11) is -3.76. The maximum Gasteiger partial charge on any atom is 0.262 e. The summed E-state index contributed by atoms with van der Waals surface area (Å²) in [5.74, 6) is 0. The number of rotatable bonds is 3. The van der Waals surface area contributed by atoms with E-state index in [9.17, 15) is 8.42 Å². The second kappa shape index (κ2) is 5.52. The van der Waals surface area contributed by atoms with Crippen molar-refractivity contribution in [3.05, 3.63) is 52.0 Å². The van der Waals surface area contributed by atoms with Crippen molar-refractivity contribution in [2.24, 2.45) is 0 Å². The lowest BCUT2D eigenvalue weighted by Gasteiger charge is -2.12. The summed E-state index contributed by atoms with van der Waals surface area (Å²) in [5, 5.41) is 0.653. The first-order valence-corrected chi connectivity index (χ1v) is 7.88. The molecular formula is C13H12Cl2N2O2S. The van der Waals surface area contributed by atoms with Crippen molar-refractivity contribution < 1.29 is 8.42 Å². The van der Waals surface area contributed by atoms with Crippen LogP contribution in [0.5, 0.6) is 0 Å². The summed E-state index contributed by atoms with van der Waals surface area (Å²) in [6, 6.07) is 9.23. The molecule has 0 unspecified atom stereocenters. The number of benzene rings is 2. The molecule has 0 bridgehead atoms. The molecule has 2 rings (SSSR count). The molecule has 3 N–H and O–H groups in total. The van der Waals surface area contributed by atoms with Crippen LogP contribution in [0.15, 0.2) is 41.3 Å². The van der Waals surface area contributed by atoms with E-state index in [1.54, 1.807) is 25.1 Å². The fraction of sp³-hybridized carbons (Fsp3) is 0.0769. The maximum atomic E-state index is 12.4. The molecule has 4 nitrogen and oxygen atoms in total. The molecule has 0 heterocycles. The van der Waals surface area contributed by atoms with Gasteiger partial charge in [0.1, 0.15) is 0 Å². The molecule has 7 heteroatoms. The lowest BCUT2D eigenvalue weighted by molar-refractivity contribution is 0.600. The van der Waals surface area contributed by atoms with Crippen LogP contribution in [0.4, 0.5) is 11.4 Å². The number of hydrogen-bond acceptors (Lipinski definition) is 3. The molecular weight excluding hydrogens is 319 g/mol. The molecule has 0 spiro atoms. The Kier molecular flexibility index (Phi) is 4.13. The second-order valence-corrected chi connectivity index (χ2v) is 6.69. The molecule has 0 saturated heterocycles. The third-order valence-electron chi connectivity index (χ3n) is 2.79. The Morgan fingerprint density at radius 3 is 2.50 bits per heavy atom. The predicted octanol–water partition coefficient (Wildman–Crippen LogP) is 3.68. The molecule has 106 valence electrons. The zero-order valence-electron chi connectivity index (χ0n) is 10.5. The van der Waals surface area contributed by atoms with Crippen molar-refractivity contribution in [2.75, 3.05) is 10.5 Å². The normalized spacial score (nSPS) is 11.3. The van der Waals surface area contributed by atoms with Gasteiger partial charge >= 0.3 is 0 Å². The van der Waals surface area contributed by atoms with Crippen LogP contribution < -0.4 is 10.5 Å². The standard InChI is InChI=1S/C13H12Cl2N2O2S/c1-8-11(16)3-2-4-13(8)20(18,19)17-12-6-5-9(14)7-10(12)15/h2-7,17H,16H2,1H3. The second-order valence-electron chi connectivity index (χ2n) is 4.20. The summed E-state index contributed by atoms with van der Waals surface area (Å²) in [6.07, 6.45) is 0. The molecule has 0 amide bonds. The molecule has 2 aromatic carbocycles. The summed E-state index contributed by atoms with van der Waals surface area (Å²) >= 11 is 11.7. The molecule has 20 heavy (non-hydrogen) atoms. The third kappa shape index (κ3) is 3.00. The van der Waals surface area contributed by atoms with Gasteiger partial charge in [-0.05, 0) is 42.8 Å². The highest BCUT2D eigenvalue weighted by Crippen LogP contribution is 2.29. The van der Waals surface area contributed by atoms with Crippen LogP contribution in [0, 0.1) is 6.92 Å². The average molecular weight is 331 g/mol. The average Bonchev–Trinajstić information content (AvgIpc) is 2.36. The van der Waals surface area contributed by atoms with E-state index < -0.39 is 10.0 Å². The number of nitrogen functional groups attached to an aromatic ring is 1.